The standard InChI is InChI=1S/C7H12N2O/c1-3-7(8)6-4-10-9-5(6)2/h4,7H,3,8H2,1-2H3/t7-/m1/s1. The lowest BCUT2D eigenvalue weighted by atomic mass is 10.1. The van der Waals surface area contributed by atoms with E-state index in [1.165, 1.54) is 0 Å². The van der Waals surface area contributed by atoms with E-state index in [-0.39, 0.29) is 6.04 Å². The number of aromatic nitrogens is 1. The molecule has 3 nitrogen and oxygen atoms in total. The highest BCUT2D eigenvalue weighted by molar-refractivity contribution is 5.16. The van der Waals surface area contributed by atoms with Crippen LogP contribution in [-0.4, -0.2) is 5.16 Å². The van der Waals surface area contributed by atoms with Gasteiger partial charge in [0.1, 0.15) is 6.26 Å². The van der Waals surface area contributed by atoms with Crippen LogP contribution in [0.4, 0.5) is 0 Å². The van der Waals surface area contributed by atoms with Gasteiger partial charge in [0.15, 0.2) is 0 Å². The second kappa shape index (κ2) is 2.84. The summed E-state index contributed by atoms with van der Waals surface area (Å²) in [6.45, 7) is 3.94. The van der Waals surface area contributed by atoms with Gasteiger partial charge in [-0.3, -0.25) is 0 Å². The van der Waals surface area contributed by atoms with Crippen LogP contribution in [0.25, 0.3) is 0 Å². The topological polar surface area (TPSA) is 52.0 Å². The second-order valence-electron chi connectivity index (χ2n) is 2.37. The van der Waals surface area contributed by atoms with Crippen molar-refractivity contribution in [3.05, 3.63) is 17.5 Å². The Bertz CT molecular complexity index is 207. The summed E-state index contributed by atoms with van der Waals surface area (Å²) in [4.78, 5) is 0. The van der Waals surface area contributed by atoms with Gasteiger partial charge in [-0.25, -0.2) is 0 Å². The molecule has 1 rings (SSSR count). The first kappa shape index (κ1) is 7.28. The summed E-state index contributed by atoms with van der Waals surface area (Å²) in [6, 6.07) is 0.0752. The maximum atomic E-state index is 5.74. The molecule has 0 aromatic carbocycles. The van der Waals surface area contributed by atoms with Crippen LogP contribution in [0.3, 0.4) is 0 Å². The molecule has 0 aliphatic heterocycles. The molecule has 0 saturated heterocycles. The molecule has 1 aromatic heterocycles. The Hall–Kier alpha value is -0.830. The predicted octanol–water partition coefficient (Wildman–Crippen LogP) is 1.39. The van der Waals surface area contributed by atoms with Crippen molar-refractivity contribution in [2.45, 2.75) is 26.3 Å². The normalized spacial score (nSPS) is 13.5. The fraction of sp³-hybridized carbons (Fsp3) is 0.571. The number of nitrogens with zero attached hydrogens (tertiary/aromatic N) is 1. The monoisotopic (exact) mass is 140 g/mol. The molecular weight excluding hydrogens is 128 g/mol. The molecular formula is C7H12N2O. The Labute approximate surface area is 60.2 Å². The second-order valence-corrected chi connectivity index (χ2v) is 2.37. The summed E-state index contributed by atoms with van der Waals surface area (Å²) < 4.78 is 4.74. The van der Waals surface area contributed by atoms with Crippen LogP contribution < -0.4 is 5.73 Å². The Morgan fingerprint density at radius 3 is 2.90 bits per heavy atom. The first-order chi connectivity index (χ1) is 4.75. The van der Waals surface area contributed by atoms with Gasteiger partial charge in [-0.1, -0.05) is 12.1 Å². The third kappa shape index (κ3) is 1.19. The average molecular weight is 140 g/mol. The van der Waals surface area contributed by atoms with Crippen molar-refractivity contribution in [1.29, 1.82) is 0 Å². The molecule has 1 atom stereocenters. The number of rotatable bonds is 2. The van der Waals surface area contributed by atoms with Crippen LogP contribution in [0, 0.1) is 6.92 Å². The van der Waals surface area contributed by atoms with Gasteiger partial charge >= 0.3 is 0 Å². The number of nitrogens with two attached hydrogens (primary N) is 1. The van der Waals surface area contributed by atoms with E-state index in [1.807, 2.05) is 13.8 Å². The summed E-state index contributed by atoms with van der Waals surface area (Å²) in [7, 11) is 0. The highest BCUT2D eigenvalue weighted by Gasteiger charge is 2.08. The van der Waals surface area contributed by atoms with E-state index in [0.717, 1.165) is 17.7 Å². The fourth-order valence-corrected chi connectivity index (χ4v) is 0.876. The number of hydrogen-bond acceptors (Lipinski definition) is 3. The highest BCUT2D eigenvalue weighted by atomic mass is 16.5. The van der Waals surface area contributed by atoms with Crippen LogP contribution in [0.5, 0.6) is 0 Å². The summed E-state index contributed by atoms with van der Waals surface area (Å²) in [6.07, 6.45) is 2.53. The Balaban J connectivity index is 2.82. The van der Waals surface area contributed by atoms with Crippen LogP contribution in [-0.2, 0) is 0 Å². The van der Waals surface area contributed by atoms with Gasteiger partial charge in [0.05, 0.1) is 5.69 Å². The molecule has 0 amide bonds. The summed E-state index contributed by atoms with van der Waals surface area (Å²) >= 11 is 0. The molecule has 3 heteroatoms. The lowest BCUT2D eigenvalue weighted by Crippen LogP contribution is -2.08. The molecule has 0 saturated carbocycles. The van der Waals surface area contributed by atoms with Gasteiger partial charge in [-0.15, -0.1) is 0 Å². The molecule has 0 bridgehead atoms. The SMILES string of the molecule is CC[C@@H](N)c1conc1C. The minimum absolute atomic E-state index is 0.0752. The minimum atomic E-state index is 0.0752. The quantitative estimate of drug-likeness (QED) is 0.675. The van der Waals surface area contributed by atoms with Crippen LogP contribution in [0.15, 0.2) is 10.8 Å². The zero-order chi connectivity index (χ0) is 7.56. The van der Waals surface area contributed by atoms with Gasteiger partial charge < -0.3 is 10.3 Å². The van der Waals surface area contributed by atoms with Crippen molar-refractivity contribution in [3.63, 3.8) is 0 Å². The maximum Gasteiger partial charge on any atom is 0.128 e. The molecule has 0 unspecified atom stereocenters. The zero-order valence-corrected chi connectivity index (χ0v) is 6.29. The molecule has 1 heterocycles. The number of aryl methyl sites for hydroxylation is 1. The minimum Gasteiger partial charge on any atom is -0.364 e. The van der Waals surface area contributed by atoms with Crippen LogP contribution in [0.2, 0.25) is 0 Å². The van der Waals surface area contributed by atoms with Crippen molar-refractivity contribution >= 4 is 0 Å². The molecule has 2 N–H and O–H groups in total. The van der Waals surface area contributed by atoms with Gasteiger partial charge in [-0.2, -0.15) is 0 Å². The van der Waals surface area contributed by atoms with E-state index >= 15 is 0 Å². The van der Waals surface area contributed by atoms with E-state index in [2.05, 4.69) is 5.16 Å². The van der Waals surface area contributed by atoms with Crippen molar-refractivity contribution in [3.8, 4) is 0 Å². The predicted molar refractivity (Wildman–Crippen MR) is 38.5 cm³/mol. The third-order valence-electron chi connectivity index (χ3n) is 1.63. The smallest absolute Gasteiger partial charge is 0.128 e. The maximum absolute atomic E-state index is 5.74. The Kier molecular flexibility index (Phi) is 2.06. The van der Waals surface area contributed by atoms with Crippen molar-refractivity contribution in [1.82, 2.24) is 5.16 Å². The largest absolute Gasteiger partial charge is 0.364 e. The lowest BCUT2D eigenvalue weighted by Gasteiger charge is -2.03. The third-order valence-corrected chi connectivity index (χ3v) is 1.63. The zero-order valence-electron chi connectivity index (χ0n) is 6.29. The average Bonchev–Trinajstić information content (AvgIpc) is 2.34. The van der Waals surface area contributed by atoms with E-state index in [4.69, 9.17) is 10.3 Å². The van der Waals surface area contributed by atoms with Gasteiger partial charge in [0, 0.05) is 11.6 Å². The van der Waals surface area contributed by atoms with Crippen LogP contribution in [0.1, 0.15) is 30.6 Å². The van der Waals surface area contributed by atoms with Gasteiger partial charge in [0.2, 0.25) is 0 Å². The lowest BCUT2D eigenvalue weighted by molar-refractivity contribution is 0.413. The van der Waals surface area contributed by atoms with Crippen molar-refractivity contribution in [2.75, 3.05) is 0 Å². The van der Waals surface area contributed by atoms with Crippen molar-refractivity contribution < 1.29 is 4.52 Å². The first-order valence-corrected chi connectivity index (χ1v) is 3.42. The summed E-state index contributed by atoms with van der Waals surface area (Å²) in [5.74, 6) is 0. The molecule has 0 aliphatic rings. The Morgan fingerprint density at radius 1 is 1.80 bits per heavy atom. The fourth-order valence-electron chi connectivity index (χ4n) is 0.876. The van der Waals surface area contributed by atoms with E-state index in [1.54, 1.807) is 6.26 Å². The molecule has 56 valence electrons. The van der Waals surface area contributed by atoms with Crippen molar-refractivity contribution in [2.24, 2.45) is 5.73 Å². The summed E-state index contributed by atoms with van der Waals surface area (Å²) in [5.41, 5.74) is 7.65. The van der Waals surface area contributed by atoms with E-state index < -0.39 is 0 Å². The molecule has 0 spiro atoms. The van der Waals surface area contributed by atoms with E-state index in [0.29, 0.717) is 0 Å². The molecule has 10 heavy (non-hydrogen) atoms. The Morgan fingerprint density at radius 2 is 2.50 bits per heavy atom. The summed E-state index contributed by atoms with van der Waals surface area (Å²) in [5, 5.41) is 3.73. The molecule has 1 aromatic rings. The first-order valence-electron chi connectivity index (χ1n) is 3.42. The highest BCUT2D eigenvalue weighted by Crippen LogP contribution is 2.15. The van der Waals surface area contributed by atoms with Gasteiger partial charge in [0.25, 0.3) is 0 Å². The number of hydrogen-bond donors (Lipinski definition) is 1. The molecule has 0 fully saturated rings. The molecule has 0 aliphatic carbocycles. The van der Waals surface area contributed by atoms with Crippen LogP contribution >= 0.6 is 0 Å². The van der Waals surface area contributed by atoms with Gasteiger partial charge in [-0.05, 0) is 13.3 Å². The molecule has 0 radical (unpaired) electrons. The van der Waals surface area contributed by atoms with E-state index in [9.17, 15) is 0 Å².